The van der Waals surface area contributed by atoms with Crippen LogP contribution in [0, 0.1) is 0 Å². The van der Waals surface area contributed by atoms with Gasteiger partial charge in [0.05, 0.1) is 13.0 Å². The van der Waals surface area contributed by atoms with Crippen molar-refractivity contribution in [1.82, 2.24) is 5.32 Å². The number of hydrogen-bond donors (Lipinski definition) is 1. The lowest BCUT2D eigenvalue weighted by Crippen LogP contribution is -2.41. The molecule has 2 aromatic carbocycles. The molecule has 2 aromatic rings. The molecule has 0 saturated carbocycles. The van der Waals surface area contributed by atoms with Crippen LogP contribution in [-0.2, 0) is 11.2 Å². The van der Waals surface area contributed by atoms with Gasteiger partial charge in [-0.15, -0.1) is 0 Å². The number of rotatable bonds is 4. The van der Waals surface area contributed by atoms with Gasteiger partial charge >= 0.3 is 0 Å². The van der Waals surface area contributed by atoms with E-state index in [-0.39, 0.29) is 12.0 Å². The van der Waals surface area contributed by atoms with Crippen LogP contribution in [0.15, 0.2) is 53.0 Å². The summed E-state index contributed by atoms with van der Waals surface area (Å²) in [6.07, 6.45) is 0.185. The molecule has 0 fully saturated rings. The van der Waals surface area contributed by atoms with E-state index >= 15 is 0 Å². The number of carbonyl (C=O) groups is 1. The second-order valence-electron chi connectivity index (χ2n) is 5.11. The molecule has 5 heteroatoms. The number of amides is 1. The molecular formula is C17H16BrNO3. The third-order valence-electron chi connectivity index (χ3n) is 3.35. The van der Waals surface area contributed by atoms with E-state index in [1.54, 1.807) is 0 Å². The SMILES string of the molecule is O=C(Cc1cccc(Br)c1)NC[C@H]1COc2ccccc2O1. The van der Waals surface area contributed by atoms with E-state index in [0.717, 1.165) is 21.5 Å². The number of hydrogen-bond acceptors (Lipinski definition) is 3. The van der Waals surface area contributed by atoms with Crippen molar-refractivity contribution < 1.29 is 14.3 Å². The summed E-state index contributed by atoms with van der Waals surface area (Å²) in [6, 6.07) is 15.3. The number of fused-ring (bicyclic) bond motifs is 1. The molecule has 22 heavy (non-hydrogen) atoms. The number of halogens is 1. The maximum atomic E-state index is 12.0. The molecule has 0 unspecified atom stereocenters. The second-order valence-corrected chi connectivity index (χ2v) is 6.02. The van der Waals surface area contributed by atoms with Crippen LogP contribution in [0.4, 0.5) is 0 Å². The lowest BCUT2D eigenvalue weighted by atomic mass is 10.1. The van der Waals surface area contributed by atoms with E-state index < -0.39 is 0 Å². The van der Waals surface area contributed by atoms with Crippen LogP contribution in [0.5, 0.6) is 11.5 Å². The molecule has 1 heterocycles. The van der Waals surface area contributed by atoms with E-state index in [2.05, 4.69) is 21.2 Å². The smallest absolute Gasteiger partial charge is 0.224 e. The molecule has 0 radical (unpaired) electrons. The Kier molecular flexibility index (Phi) is 4.63. The molecule has 114 valence electrons. The average Bonchev–Trinajstić information content (AvgIpc) is 2.53. The van der Waals surface area contributed by atoms with Gasteiger partial charge in [0.2, 0.25) is 5.91 Å². The minimum Gasteiger partial charge on any atom is -0.486 e. The minimum atomic E-state index is -0.165. The zero-order chi connectivity index (χ0) is 15.4. The predicted octanol–water partition coefficient (Wildman–Crippen LogP) is 2.95. The van der Waals surface area contributed by atoms with Crippen molar-refractivity contribution in [1.29, 1.82) is 0 Å². The second kappa shape index (κ2) is 6.83. The van der Waals surface area contributed by atoms with Gasteiger partial charge in [-0.25, -0.2) is 0 Å². The van der Waals surface area contributed by atoms with Crippen molar-refractivity contribution >= 4 is 21.8 Å². The fourth-order valence-electron chi connectivity index (χ4n) is 2.29. The first-order chi connectivity index (χ1) is 10.7. The normalized spacial score (nSPS) is 16.1. The van der Waals surface area contributed by atoms with Gasteiger partial charge in [0, 0.05) is 4.47 Å². The Morgan fingerprint density at radius 2 is 2.00 bits per heavy atom. The molecule has 0 bridgehead atoms. The Balaban J connectivity index is 1.50. The number of benzene rings is 2. The fraction of sp³-hybridized carbons (Fsp3) is 0.235. The van der Waals surface area contributed by atoms with Gasteiger partial charge in [-0.2, -0.15) is 0 Å². The number of para-hydroxylation sites is 2. The monoisotopic (exact) mass is 361 g/mol. The highest BCUT2D eigenvalue weighted by Crippen LogP contribution is 2.30. The quantitative estimate of drug-likeness (QED) is 0.910. The summed E-state index contributed by atoms with van der Waals surface area (Å²) in [5.74, 6) is 1.44. The molecule has 0 saturated heterocycles. The van der Waals surface area contributed by atoms with E-state index in [0.29, 0.717) is 19.6 Å². The molecule has 1 aliphatic heterocycles. The Labute approximate surface area is 137 Å². The standard InChI is InChI=1S/C17H16BrNO3/c18-13-5-3-4-12(8-13)9-17(20)19-10-14-11-21-15-6-1-2-7-16(15)22-14/h1-8,14H,9-11H2,(H,19,20)/t14-/m0/s1. The first-order valence-corrected chi connectivity index (χ1v) is 7.89. The number of carbonyl (C=O) groups excluding carboxylic acids is 1. The largest absolute Gasteiger partial charge is 0.486 e. The Morgan fingerprint density at radius 3 is 2.82 bits per heavy atom. The van der Waals surface area contributed by atoms with E-state index in [1.807, 2.05) is 48.5 Å². The summed E-state index contributed by atoms with van der Waals surface area (Å²) in [5, 5.41) is 2.89. The molecular weight excluding hydrogens is 346 g/mol. The van der Waals surface area contributed by atoms with E-state index in [9.17, 15) is 4.79 Å². The van der Waals surface area contributed by atoms with Crippen molar-refractivity contribution in [3.63, 3.8) is 0 Å². The van der Waals surface area contributed by atoms with Crippen molar-refractivity contribution in [2.24, 2.45) is 0 Å². The zero-order valence-electron chi connectivity index (χ0n) is 11.9. The molecule has 1 amide bonds. The van der Waals surface area contributed by atoms with Gasteiger partial charge in [-0.3, -0.25) is 4.79 Å². The summed E-state index contributed by atoms with van der Waals surface area (Å²) < 4.78 is 12.4. The highest BCUT2D eigenvalue weighted by atomic mass is 79.9. The lowest BCUT2D eigenvalue weighted by molar-refractivity contribution is -0.120. The summed E-state index contributed by atoms with van der Waals surface area (Å²) in [4.78, 5) is 12.0. The van der Waals surface area contributed by atoms with Gasteiger partial charge < -0.3 is 14.8 Å². The van der Waals surface area contributed by atoms with Gasteiger partial charge in [0.1, 0.15) is 12.7 Å². The molecule has 1 aliphatic rings. The molecule has 0 spiro atoms. The van der Waals surface area contributed by atoms with Crippen LogP contribution in [-0.4, -0.2) is 25.2 Å². The summed E-state index contributed by atoms with van der Waals surface area (Å²) in [5.41, 5.74) is 0.970. The molecule has 0 aromatic heterocycles. The fourth-order valence-corrected chi connectivity index (χ4v) is 2.73. The highest BCUT2D eigenvalue weighted by molar-refractivity contribution is 9.10. The van der Waals surface area contributed by atoms with Crippen LogP contribution in [0.2, 0.25) is 0 Å². The van der Waals surface area contributed by atoms with Crippen molar-refractivity contribution in [2.75, 3.05) is 13.2 Å². The topological polar surface area (TPSA) is 47.6 Å². The first kappa shape index (κ1) is 14.9. The minimum absolute atomic E-state index is 0.0273. The van der Waals surface area contributed by atoms with E-state index in [4.69, 9.17) is 9.47 Å². The van der Waals surface area contributed by atoms with Crippen LogP contribution >= 0.6 is 15.9 Å². The highest BCUT2D eigenvalue weighted by Gasteiger charge is 2.20. The van der Waals surface area contributed by atoms with Gasteiger partial charge in [0.15, 0.2) is 11.5 Å². The average molecular weight is 362 g/mol. The summed E-state index contributed by atoms with van der Waals surface area (Å²) in [7, 11) is 0. The zero-order valence-corrected chi connectivity index (χ0v) is 13.5. The third kappa shape index (κ3) is 3.80. The Morgan fingerprint density at radius 1 is 1.18 bits per heavy atom. The first-order valence-electron chi connectivity index (χ1n) is 7.10. The summed E-state index contributed by atoms with van der Waals surface area (Å²) >= 11 is 3.40. The molecule has 1 N–H and O–H groups in total. The van der Waals surface area contributed by atoms with Crippen LogP contribution in [0.25, 0.3) is 0 Å². The summed E-state index contributed by atoms with van der Waals surface area (Å²) in [6.45, 7) is 0.870. The van der Waals surface area contributed by atoms with E-state index in [1.165, 1.54) is 0 Å². The van der Waals surface area contributed by atoms with Crippen molar-refractivity contribution in [2.45, 2.75) is 12.5 Å². The maximum Gasteiger partial charge on any atom is 0.224 e. The third-order valence-corrected chi connectivity index (χ3v) is 3.84. The van der Waals surface area contributed by atoms with Crippen molar-refractivity contribution in [3.05, 3.63) is 58.6 Å². The Hall–Kier alpha value is -2.01. The molecule has 4 nitrogen and oxygen atoms in total. The maximum absolute atomic E-state index is 12.0. The van der Waals surface area contributed by atoms with Gasteiger partial charge in [0.25, 0.3) is 0 Å². The van der Waals surface area contributed by atoms with Crippen LogP contribution in [0.3, 0.4) is 0 Å². The molecule has 0 aliphatic carbocycles. The Bertz CT molecular complexity index is 674. The molecule has 1 atom stereocenters. The van der Waals surface area contributed by atoms with Crippen LogP contribution in [0.1, 0.15) is 5.56 Å². The molecule has 3 rings (SSSR count). The lowest BCUT2D eigenvalue weighted by Gasteiger charge is -2.26. The van der Waals surface area contributed by atoms with Gasteiger partial charge in [-0.1, -0.05) is 40.2 Å². The van der Waals surface area contributed by atoms with Gasteiger partial charge in [-0.05, 0) is 29.8 Å². The predicted molar refractivity (Wildman–Crippen MR) is 87.2 cm³/mol. The number of ether oxygens (including phenoxy) is 2. The van der Waals surface area contributed by atoms with Crippen LogP contribution < -0.4 is 14.8 Å². The number of nitrogens with one attached hydrogen (secondary N) is 1. The van der Waals surface area contributed by atoms with Crippen molar-refractivity contribution in [3.8, 4) is 11.5 Å².